The Morgan fingerprint density at radius 2 is 2.14 bits per heavy atom. The van der Waals surface area contributed by atoms with Gasteiger partial charge in [-0.25, -0.2) is 0 Å². The van der Waals surface area contributed by atoms with Gasteiger partial charge in [-0.1, -0.05) is 18.9 Å². The molecule has 1 nitrogen and oxygen atoms in total. The number of hydrogen-bond donors (Lipinski definition) is 0. The van der Waals surface area contributed by atoms with Crippen molar-refractivity contribution in [3.05, 3.63) is 36.0 Å². The van der Waals surface area contributed by atoms with Crippen molar-refractivity contribution in [2.45, 2.75) is 39.0 Å². The normalized spacial score (nSPS) is 18.2. The summed E-state index contributed by atoms with van der Waals surface area (Å²) in [4.78, 5) is 4.48. The molecule has 1 atom stereocenters. The van der Waals surface area contributed by atoms with Crippen LogP contribution in [0.15, 0.2) is 12.1 Å². The smallest absolute Gasteiger partial charge is 0.0410 e. The molecular formula is C13H18N. The van der Waals surface area contributed by atoms with E-state index in [9.17, 15) is 0 Å². The molecule has 1 aromatic rings. The Hall–Kier alpha value is -0.850. The third-order valence-corrected chi connectivity index (χ3v) is 3.02. The summed E-state index contributed by atoms with van der Waals surface area (Å²) in [5.41, 5.74) is 3.60. The molecule has 1 unspecified atom stereocenters. The van der Waals surface area contributed by atoms with Gasteiger partial charge in [-0.2, -0.15) is 0 Å². The Bertz CT molecular complexity index is 326. The molecule has 0 N–H and O–H groups in total. The average Bonchev–Trinajstić information content (AvgIpc) is 2.87. The summed E-state index contributed by atoms with van der Waals surface area (Å²) in [6.45, 7) is 8.37. The van der Waals surface area contributed by atoms with Gasteiger partial charge in [0.2, 0.25) is 0 Å². The van der Waals surface area contributed by atoms with Crippen LogP contribution in [0.1, 0.15) is 42.1 Å². The van der Waals surface area contributed by atoms with Crippen LogP contribution < -0.4 is 0 Å². The Morgan fingerprint density at radius 3 is 2.71 bits per heavy atom. The molecule has 0 saturated heterocycles. The lowest BCUT2D eigenvalue weighted by molar-refractivity contribution is 0.654. The van der Waals surface area contributed by atoms with Crippen molar-refractivity contribution in [2.75, 3.05) is 0 Å². The van der Waals surface area contributed by atoms with Gasteiger partial charge in [0.1, 0.15) is 0 Å². The minimum atomic E-state index is 0.440. The van der Waals surface area contributed by atoms with E-state index in [0.717, 1.165) is 17.3 Å². The second-order valence-corrected chi connectivity index (χ2v) is 4.50. The minimum Gasteiger partial charge on any atom is -0.258 e. The molecule has 1 radical (unpaired) electrons. The van der Waals surface area contributed by atoms with E-state index in [0.29, 0.717) is 5.92 Å². The van der Waals surface area contributed by atoms with Crippen molar-refractivity contribution in [1.29, 1.82) is 0 Å². The molecule has 0 aromatic carbocycles. The first-order valence-corrected chi connectivity index (χ1v) is 5.44. The number of nitrogens with zero attached hydrogens (tertiary/aromatic N) is 1. The standard InChI is InChI=1S/C13H18N/c1-9(8-12-5-6-12)13-7-4-10(2)14-11(13)3/h4,7,9,12H,1,5-6,8H2,2-3H3. The largest absolute Gasteiger partial charge is 0.258 e. The maximum absolute atomic E-state index is 4.48. The van der Waals surface area contributed by atoms with Crippen LogP contribution in [0.2, 0.25) is 0 Å². The number of hydrogen-bond acceptors (Lipinski definition) is 1. The summed E-state index contributed by atoms with van der Waals surface area (Å²) in [6.07, 6.45) is 4.06. The fourth-order valence-electron chi connectivity index (χ4n) is 2.01. The van der Waals surface area contributed by atoms with Crippen LogP contribution in [0.4, 0.5) is 0 Å². The molecule has 1 aliphatic carbocycles. The summed E-state index contributed by atoms with van der Waals surface area (Å²) < 4.78 is 0. The topological polar surface area (TPSA) is 12.9 Å². The minimum absolute atomic E-state index is 0.440. The number of rotatable bonds is 3. The van der Waals surface area contributed by atoms with Crippen LogP contribution in [0.3, 0.4) is 0 Å². The predicted octanol–water partition coefficient (Wildman–Crippen LogP) is 3.42. The van der Waals surface area contributed by atoms with Crippen molar-refractivity contribution in [1.82, 2.24) is 4.98 Å². The summed E-state index contributed by atoms with van der Waals surface area (Å²) in [6, 6.07) is 4.28. The van der Waals surface area contributed by atoms with Crippen molar-refractivity contribution in [2.24, 2.45) is 5.92 Å². The summed E-state index contributed by atoms with van der Waals surface area (Å²) >= 11 is 0. The average molecular weight is 188 g/mol. The maximum Gasteiger partial charge on any atom is 0.0410 e. The lowest BCUT2D eigenvalue weighted by Crippen LogP contribution is -2.00. The summed E-state index contributed by atoms with van der Waals surface area (Å²) in [7, 11) is 0. The molecule has 75 valence electrons. The third kappa shape index (κ3) is 2.14. The lowest BCUT2D eigenvalue weighted by Gasteiger charge is -2.13. The fraction of sp³-hybridized carbons (Fsp3) is 0.538. The van der Waals surface area contributed by atoms with Crippen molar-refractivity contribution in [3.8, 4) is 0 Å². The zero-order valence-electron chi connectivity index (χ0n) is 9.09. The number of aromatic nitrogens is 1. The molecule has 0 bridgehead atoms. The van der Waals surface area contributed by atoms with Crippen molar-refractivity contribution in [3.63, 3.8) is 0 Å². The van der Waals surface area contributed by atoms with E-state index < -0.39 is 0 Å². The van der Waals surface area contributed by atoms with Gasteiger partial charge in [0.25, 0.3) is 0 Å². The molecule has 14 heavy (non-hydrogen) atoms. The van der Waals surface area contributed by atoms with E-state index >= 15 is 0 Å². The molecule has 1 heteroatoms. The van der Waals surface area contributed by atoms with Crippen LogP contribution in [0, 0.1) is 26.7 Å². The SMILES string of the molecule is [CH2]C(CC1CC1)c1ccc(C)nc1C. The van der Waals surface area contributed by atoms with E-state index in [1.807, 2.05) is 6.92 Å². The van der Waals surface area contributed by atoms with Crippen LogP contribution in [-0.4, -0.2) is 4.98 Å². The molecule has 1 saturated carbocycles. The first-order valence-electron chi connectivity index (χ1n) is 5.44. The van der Waals surface area contributed by atoms with Gasteiger partial charge in [-0.15, -0.1) is 0 Å². The van der Waals surface area contributed by atoms with Gasteiger partial charge >= 0.3 is 0 Å². The molecule has 1 fully saturated rings. The van der Waals surface area contributed by atoms with Crippen LogP contribution in [0.5, 0.6) is 0 Å². The molecule has 1 aromatic heterocycles. The van der Waals surface area contributed by atoms with Crippen molar-refractivity contribution < 1.29 is 0 Å². The highest BCUT2D eigenvalue weighted by molar-refractivity contribution is 5.26. The summed E-state index contributed by atoms with van der Waals surface area (Å²) in [5.74, 6) is 1.38. The second-order valence-electron chi connectivity index (χ2n) is 4.50. The van der Waals surface area contributed by atoms with Crippen LogP contribution in [0.25, 0.3) is 0 Å². The van der Waals surface area contributed by atoms with E-state index in [-0.39, 0.29) is 0 Å². The number of pyridine rings is 1. The Kier molecular flexibility index (Phi) is 2.58. The van der Waals surface area contributed by atoms with E-state index in [2.05, 4.69) is 31.0 Å². The molecule has 1 aliphatic rings. The quantitative estimate of drug-likeness (QED) is 0.708. The molecule has 0 amide bonds. The van der Waals surface area contributed by atoms with Gasteiger partial charge in [0, 0.05) is 11.4 Å². The van der Waals surface area contributed by atoms with Crippen LogP contribution in [-0.2, 0) is 0 Å². The Labute approximate surface area is 86.6 Å². The monoisotopic (exact) mass is 188 g/mol. The first kappa shape index (κ1) is 9.70. The third-order valence-electron chi connectivity index (χ3n) is 3.02. The van der Waals surface area contributed by atoms with E-state index in [1.54, 1.807) is 0 Å². The highest BCUT2D eigenvalue weighted by Crippen LogP contribution is 2.38. The highest BCUT2D eigenvalue weighted by atomic mass is 14.7. The van der Waals surface area contributed by atoms with Crippen LogP contribution >= 0.6 is 0 Å². The highest BCUT2D eigenvalue weighted by Gasteiger charge is 2.24. The molecular weight excluding hydrogens is 170 g/mol. The number of aryl methyl sites for hydroxylation is 2. The Morgan fingerprint density at radius 1 is 1.43 bits per heavy atom. The maximum atomic E-state index is 4.48. The molecule has 1 heterocycles. The molecule has 0 aliphatic heterocycles. The molecule has 2 rings (SSSR count). The first-order chi connectivity index (χ1) is 6.66. The van der Waals surface area contributed by atoms with Crippen molar-refractivity contribution >= 4 is 0 Å². The summed E-state index contributed by atoms with van der Waals surface area (Å²) in [5, 5.41) is 0. The van der Waals surface area contributed by atoms with Gasteiger partial charge in [-0.05, 0) is 50.7 Å². The second kappa shape index (κ2) is 3.72. The Balaban J connectivity index is 2.13. The zero-order valence-corrected chi connectivity index (χ0v) is 9.09. The van der Waals surface area contributed by atoms with Gasteiger partial charge in [0.15, 0.2) is 0 Å². The zero-order chi connectivity index (χ0) is 10.1. The van der Waals surface area contributed by atoms with E-state index in [1.165, 1.54) is 24.8 Å². The fourth-order valence-corrected chi connectivity index (χ4v) is 2.01. The van der Waals surface area contributed by atoms with Gasteiger partial charge in [0.05, 0.1) is 0 Å². The van der Waals surface area contributed by atoms with Gasteiger partial charge in [-0.3, -0.25) is 4.98 Å². The van der Waals surface area contributed by atoms with E-state index in [4.69, 9.17) is 0 Å². The predicted molar refractivity (Wildman–Crippen MR) is 59.2 cm³/mol. The van der Waals surface area contributed by atoms with Gasteiger partial charge < -0.3 is 0 Å². The lowest BCUT2D eigenvalue weighted by atomic mass is 9.94. The molecule has 0 spiro atoms.